The maximum absolute atomic E-state index is 14.4. The molecular formula is C34H34N2O4. The van der Waals surface area contributed by atoms with Gasteiger partial charge in [0.2, 0.25) is 11.6 Å². The van der Waals surface area contributed by atoms with Gasteiger partial charge in [0, 0.05) is 44.3 Å². The molecule has 6 nitrogen and oxygen atoms in total. The third-order valence-electron chi connectivity index (χ3n) is 6.99. The van der Waals surface area contributed by atoms with Gasteiger partial charge >= 0.3 is 0 Å². The molecule has 6 heteroatoms. The maximum atomic E-state index is 14.4. The summed E-state index contributed by atoms with van der Waals surface area (Å²) in [5.74, 6) is -0.232. The molecule has 0 saturated carbocycles. The molecule has 0 saturated heterocycles. The molecule has 0 spiro atoms. The number of para-hydroxylation sites is 2. The Morgan fingerprint density at radius 1 is 0.625 bits per heavy atom. The number of aromatic nitrogens is 2. The van der Waals surface area contributed by atoms with E-state index in [0.29, 0.717) is 23.0 Å². The average molecular weight is 535 g/mol. The van der Waals surface area contributed by atoms with Crippen LogP contribution < -0.4 is 0 Å². The molecule has 2 aromatic carbocycles. The fourth-order valence-electron chi connectivity index (χ4n) is 5.20. The van der Waals surface area contributed by atoms with Crippen molar-refractivity contribution in [1.29, 1.82) is 0 Å². The van der Waals surface area contributed by atoms with Crippen LogP contribution in [0.1, 0.15) is 50.2 Å². The first-order valence-corrected chi connectivity index (χ1v) is 13.5. The van der Waals surface area contributed by atoms with Crippen LogP contribution in [-0.4, -0.2) is 35.8 Å². The molecule has 5 rings (SSSR count). The van der Waals surface area contributed by atoms with Crippen molar-refractivity contribution in [2.75, 3.05) is 14.2 Å². The fourth-order valence-corrected chi connectivity index (χ4v) is 5.20. The van der Waals surface area contributed by atoms with E-state index in [1.807, 2.05) is 72.8 Å². The Bertz CT molecular complexity index is 1620. The highest BCUT2D eigenvalue weighted by molar-refractivity contribution is 6.48. The lowest BCUT2D eigenvalue weighted by atomic mass is 9.84. The Hall–Kier alpha value is -4.58. The summed E-state index contributed by atoms with van der Waals surface area (Å²) in [4.78, 5) is 35.6. The number of hydrogen-bond acceptors (Lipinski definition) is 4. The normalized spacial score (nSPS) is 14.9. The lowest BCUT2D eigenvalue weighted by molar-refractivity contribution is -0.117. The minimum atomic E-state index is -0.401. The summed E-state index contributed by atoms with van der Waals surface area (Å²) in [5.41, 5.74) is 4.79. The Labute approximate surface area is 234 Å². The van der Waals surface area contributed by atoms with Gasteiger partial charge in [-0.1, -0.05) is 76.2 Å². The van der Waals surface area contributed by atoms with Crippen LogP contribution in [0, 0.1) is 11.8 Å². The van der Waals surface area contributed by atoms with Crippen LogP contribution in [0.5, 0.6) is 0 Å². The highest BCUT2D eigenvalue weighted by Gasteiger charge is 2.41. The summed E-state index contributed by atoms with van der Waals surface area (Å²) in [6, 6.07) is 15.5. The third-order valence-corrected chi connectivity index (χ3v) is 6.99. The number of rotatable bonds is 8. The molecule has 40 heavy (non-hydrogen) atoms. The number of fused-ring (bicyclic) bond motifs is 2. The van der Waals surface area contributed by atoms with E-state index in [1.165, 1.54) is 14.2 Å². The van der Waals surface area contributed by atoms with Gasteiger partial charge in [-0.2, -0.15) is 0 Å². The molecule has 2 aromatic heterocycles. The van der Waals surface area contributed by atoms with Crippen LogP contribution >= 0.6 is 0 Å². The molecule has 204 valence electrons. The number of allylic oxidation sites excluding steroid dienone is 4. The molecule has 2 heterocycles. The number of methoxy groups -OCH3 is 2. The second kappa shape index (κ2) is 10.9. The summed E-state index contributed by atoms with van der Waals surface area (Å²) in [6.07, 6.45) is 8.01. The molecule has 4 aromatic rings. The number of aromatic amines is 2. The minimum absolute atomic E-state index is 0.00572. The first-order chi connectivity index (χ1) is 19.3. The first kappa shape index (κ1) is 27.0. The van der Waals surface area contributed by atoms with E-state index in [1.54, 1.807) is 0 Å². The van der Waals surface area contributed by atoms with E-state index >= 15 is 0 Å². The summed E-state index contributed by atoms with van der Waals surface area (Å²) in [5, 5.41) is 1.64. The number of hydrogen-bond donors (Lipinski definition) is 2. The Balaban J connectivity index is 1.80. The zero-order valence-corrected chi connectivity index (χ0v) is 23.7. The summed E-state index contributed by atoms with van der Waals surface area (Å²) >= 11 is 0. The molecular weight excluding hydrogens is 500 g/mol. The van der Waals surface area contributed by atoms with Crippen LogP contribution in [-0.2, 0) is 19.1 Å². The van der Waals surface area contributed by atoms with Gasteiger partial charge in [0.15, 0.2) is 11.5 Å². The number of benzene rings is 2. The molecule has 0 fully saturated rings. The highest BCUT2D eigenvalue weighted by Crippen LogP contribution is 2.43. The summed E-state index contributed by atoms with van der Waals surface area (Å²) in [6.45, 7) is 8.33. The SMILES string of the molecule is COC1=C(c2c(C=CC(C)C)[nH]c3ccccc23)C(=O)C(OC)=C(c2c(C=CC(C)C)[nH]c3ccccc23)C1=O. The van der Waals surface area contributed by atoms with Crippen molar-refractivity contribution in [3.8, 4) is 0 Å². The van der Waals surface area contributed by atoms with Gasteiger partial charge in [-0.3, -0.25) is 9.59 Å². The van der Waals surface area contributed by atoms with Crippen LogP contribution in [0.25, 0.3) is 45.1 Å². The largest absolute Gasteiger partial charge is 0.492 e. The van der Waals surface area contributed by atoms with Crippen molar-refractivity contribution >= 4 is 56.7 Å². The predicted octanol–water partition coefficient (Wildman–Crippen LogP) is 7.55. The number of Topliss-reactive ketones (excluding diaryl/α,β-unsaturated/α-hetero) is 2. The second-order valence-electron chi connectivity index (χ2n) is 10.6. The van der Waals surface area contributed by atoms with E-state index in [-0.39, 0.29) is 22.7 Å². The van der Waals surface area contributed by atoms with Gasteiger partial charge in [0.25, 0.3) is 0 Å². The topological polar surface area (TPSA) is 84.2 Å². The van der Waals surface area contributed by atoms with Crippen molar-refractivity contribution in [1.82, 2.24) is 9.97 Å². The van der Waals surface area contributed by atoms with Gasteiger partial charge in [-0.25, -0.2) is 0 Å². The number of ketones is 2. The zero-order chi connectivity index (χ0) is 28.6. The molecule has 0 unspecified atom stereocenters. The molecule has 0 radical (unpaired) electrons. The number of H-pyrrole nitrogens is 2. The molecule has 0 bridgehead atoms. The quantitative estimate of drug-likeness (QED) is 0.229. The van der Waals surface area contributed by atoms with Crippen LogP contribution in [0.15, 0.2) is 72.2 Å². The summed E-state index contributed by atoms with van der Waals surface area (Å²) < 4.78 is 11.5. The number of carbonyl (C=O) groups excluding carboxylic acids is 2. The molecule has 0 atom stereocenters. The monoisotopic (exact) mass is 534 g/mol. The average Bonchev–Trinajstić information content (AvgIpc) is 3.49. The van der Waals surface area contributed by atoms with Crippen molar-refractivity contribution in [3.05, 3.63) is 94.7 Å². The Morgan fingerprint density at radius 3 is 1.35 bits per heavy atom. The third kappa shape index (κ3) is 4.60. The van der Waals surface area contributed by atoms with Crippen molar-refractivity contribution in [2.24, 2.45) is 11.8 Å². The fraction of sp³-hybridized carbons (Fsp3) is 0.235. The predicted molar refractivity (Wildman–Crippen MR) is 162 cm³/mol. The number of nitrogens with one attached hydrogen (secondary N) is 2. The van der Waals surface area contributed by atoms with Gasteiger partial charge in [0.1, 0.15) is 0 Å². The van der Waals surface area contributed by atoms with Crippen molar-refractivity contribution in [3.63, 3.8) is 0 Å². The lowest BCUT2D eigenvalue weighted by Gasteiger charge is -2.23. The van der Waals surface area contributed by atoms with Gasteiger partial charge < -0.3 is 19.4 Å². The zero-order valence-electron chi connectivity index (χ0n) is 23.7. The minimum Gasteiger partial charge on any atom is -0.492 e. The van der Waals surface area contributed by atoms with E-state index in [2.05, 4.69) is 37.7 Å². The van der Waals surface area contributed by atoms with Gasteiger partial charge in [0.05, 0.1) is 25.4 Å². The van der Waals surface area contributed by atoms with Crippen molar-refractivity contribution < 1.29 is 19.1 Å². The molecule has 0 aliphatic heterocycles. The van der Waals surface area contributed by atoms with Crippen LogP contribution in [0.2, 0.25) is 0 Å². The molecule has 2 N–H and O–H groups in total. The van der Waals surface area contributed by atoms with E-state index in [0.717, 1.165) is 33.2 Å². The van der Waals surface area contributed by atoms with Crippen molar-refractivity contribution in [2.45, 2.75) is 27.7 Å². The number of carbonyl (C=O) groups is 2. The van der Waals surface area contributed by atoms with E-state index in [4.69, 9.17) is 9.47 Å². The van der Waals surface area contributed by atoms with Crippen LogP contribution in [0.3, 0.4) is 0 Å². The van der Waals surface area contributed by atoms with Crippen LogP contribution in [0.4, 0.5) is 0 Å². The second-order valence-corrected chi connectivity index (χ2v) is 10.6. The standard InChI is InChI=1S/C34H34N2O4/c1-19(2)15-17-25-27(21-11-7-9-13-23(21)35-25)29-31(37)34(40-6)30(32(38)33(29)39-5)28-22-12-8-10-14-24(22)36-26(28)18-16-20(3)4/h7-20,35-36H,1-6H3. The van der Waals surface area contributed by atoms with Gasteiger partial charge in [-0.05, 0) is 36.1 Å². The van der Waals surface area contributed by atoms with E-state index in [9.17, 15) is 9.59 Å². The molecule has 1 aliphatic carbocycles. The van der Waals surface area contributed by atoms with Gasteiger partial charge in [-0.15, -0.1) is 0 Å². The lowest BCUT2D eigenvalue weighted by Crippen LogP contribution is -2.25. The number of ether oxygens (including phenoxy) is 2. The molecule has 0 amide bonds. The Kier molecular flexibility index (Phi) is 7.35. The smallest absolute Gasteiger partial charge is 0.232 e. The van der Waals surface area contributed by atoms with E-state index < -0.39 is 11.6 Å². The molecule has 1 aliphatic rings. The maximum Gasteiger partial charge on any atom is 0.232 e. The first-order valence-electron chi connectivity index (χ1n) is 13.5. The highest BCUT2D eigenvalue weighted by atomic mass is 16.5. The Morgan fingerprint density at radius 2 is 1.00 bits per heavy atom. The summed E-state index contributed by atoms with van der Waals surface area (Å²) in [7, 11) is 2.87.